The maximum atomic E-state index is 12.9. The summed E-state index contributed by atoms with van der Waals surface area (Å²) in [4.78, 5) is 39.0. The monoisotopic (exact) mass is 313 g/mol. The highest BCUT2D eigenvalue weighted by Crippen LogP contribution is 2.38. The fraction of sp³-hybridized carbons (Fsp3) is 0.526. The van der Waals surface area contributed by atoms with Crippen molar-refractivity contribution in [1.29, 1.82) is 0 Å². The van der Waals surface area contributed by atoms with Crippen LogP contribution in [0.4, 0.5) is 0 Å². The van der Waals surface area contributed by atoms with Crippen molar-refractivity contribution in [3.8, 4) is 0 Å². The molecule has 2 aliphatic rings. The molecule has 1 unspecified atom stereocenters. The van der Waals surface area contributed by atoms with E-state index in [2.05, 4.69) is 0 Å². The van der Waals surface area contributed by atoms with Gasteiger partial charge in [-0.15, -0.1) is 0 Å². The van der Waals surface area contributed by atoms with Gasteiger partial charge in [-0.1, -0.05) is 37.3 Å². The number of likely N-dealkylation sites (tertiary alicyclic amines) is 1. The van der Waals surface area contributed by atoms with E-state index < -0.39 is 0 Å². The fourth-order valence-corrected chi connectivity index (χ4v) is 3.89. The van der Waals surface area contributed by atoms with Crippen molar-refractivity contribution < 1.29 is 14.4 Å². The summed E-state index contributed by atoms with van der Waals surface area (Å²) >= 11 is 0. The highest BCUT2D eigenvalue weighted by molar-refractivity contribution is 6.37. The van der Waals surface area contributed by atoms with Gasteiger partial charge in [-0.2, -0.15) is 0 Å². The predicted octanol–water partition coefficient (Wildman–Crippen LogP) is 2.58. The molecule has 1 aliphatic carbocycles. The second-order valence-corrected chi connectivity index (χ2v) is 6.77. The quantitative estimate of drug-likeness (QED) is 0.623. The van der Waals surface area contributed by atoms with Gasteiger partial charge in [0.1, 0.15) is 0 Å². The van der Waals surface area contributed by atoms with Crippen LogP contribution in [0.3, 0.4) is 0 Å². The molecule has 1 saturated carbocycles. The summed E-state index contributed by atoms with van der Waals surface area (Å²) in [6.45, 7) is 3.57. The van der Waals surface area contributed by atoms with Gasteiger partial charge in [-0.3, -0.25) is 14.4 Å². The van der Waals surface area contributed by atoms with Crippen LogP contribution >= 0.6 is 0 Å². The molecule has 1 heterocycles. The predicted molar refractivity (Wildman–Crippen MR) is 86.9 cm³/mol. The van der Waals surface area contributed by atoms with Gasteiger partial charge in [0.05, 0.1) is 0 Å². The van der Waals surface area contributed by atoms with Crippen molar-refractivity contribution in [1.82, 2.24) is 4.90 Å². The molecule has 23 heavy (non-hydrogen) atoms. The van der Waals surface area contributed by atoms with E-state index in [1.807, 2.05) is 42.2 Å². The maximum absolute atomic E-state index is 12.9. The Morgan fingerprint density at radius 3 is 2.26 bits per heavy atom. The van der Waals surface area contributed by atoms with E-state index in [4.69, 9.17) is 0 Å². The first-order valence-electron chi connectivity index (χ1n) is 8.47. The Labute approximate surface area is 136 Å². The summed E-state index contributed by atoms with van der Waals surface area (Å²) in [5, 5.41) is 0. The van der Waals surface area contributed by atoms with Gasteiger partial charge < -0.3 is 4.90 Å². The standard InChI is InChI=1S/C19H23NO3/c1-13-15(14-7-3-2-4-8-14)11-17(21)18(22)12-16(13)19(23)20-9-5-6-10-20/h2-4,7-8,13,15-16H,5-6,9-12H2,1H3/t13-,15?,16+/m1/s1. The van der Waals surface area contributed by atoms with Crippen LogP contribution in [0.5, 0.6) is 0 Å². The first-order chi connectivity index (χ1) is 11.1. The number of ketones is 2. The molecule has 3 atom stereocenters. The smallest absolute Gasteiger partial charge is 0.226 e. The first kappa shape index (κ1) is 15.9. The summed E-state index contributed by atoms with van der Waals surface area (Å²) in [5.74, 6) is -1.11. The molecule has 1 aromatic carbocycles. The Kier molecular flexibility index (Phi) is 4.60. The molecule has 2 fully saturated rings. The topological polar surface area (TPSA) is 54.5 Å². The number of amides is 1. The molecule has 122 valence electrons. The summed E-state index contributed by atoms with van der Waals surface area (Å²) in [5.41, 5.74) is 1.04. The summed E-state index contributed by atoms with van der Waals surface area (Å²) in [6.07, 6.45) is 2.34. The highest BCUT2D eigenvalue weighted by atomic mass is 16.2. The molecule has 1 aliphatic heterocycles. The highest BCUT2D eigenvalue weighted by Gasteiger charge is 2.41. The number of carbonyl (C=O) groups excluding carboxylic acids is 3. The number of hydrogen-bond acceptors (Lipinski definition) is 3. The van der Waals surface area contributed by atoms with Crippen LogP contribution in [0.15, 0.2) is 30.3 Å². The van der Waals surface area contributed by atoms with Gasteiger partial charge in [-0.25, -0.2) is 0 Å². The summed E-state index contributed by atoms with van der Waals surface area (Å²) in [6, 6.07) is 9.79. The molecule has 0 aromatic heterocycles. The van der Waals surface area contributed by atoms with Crippen LogP contribution < -0.4 is 0 Å². The molecule has 4 nitrogen and oxygen atoms in total. The number of hydrogen-bond donors (Lipinski definition) is 0. The number of nitrogens with zero attached hydrogens (tertiary/aromatic N) is 1. The lowest BCUT2D eigenvalue weighted by Gasteiger charge is -2.30. The molecule has 0 spiro atoms. The molecule has 3 rings (SSSR count). The number of carbonyl (C=O) groups is 3. The van der Waals surface area contributed by atoms with E-state index >= 15 is 0 Å². The van der Waals surface area contributed by atoms with E-state index in [9.17, 15) is 14.4 Å². The van der Waals surface area contributed by atoms with Crippen molar-refractivity contribution in [3.63, 3.8) is 0 Å². The average molecular weight is 313 g/mol. The number of Topliss-reactive ketones (excluding diaryl/α,β-unsaturated/α-hetero) is 2. The van der Waals surface area contributed by atoms with E-state index in [1.165, 1.54) is 0 Å². The van der Waals surface area contributed by atoms with Gasteiger partial charge in [0, 0.05) is 31.8 Å². The van der Waals surface area contributed by atoms with E-state index in [1.54, 1.807) is 0 Å². The minimum absolute atomic E-state index is 0.0131. The second-order valence-electron chi connectivity index (χ2n) is 6.77. The van der Waals surface area contributed by atoms with E-state index in [-0.39, 0.29) is 48.1 Å². The van der Waals surface area contributed by atoms with Crippen molar-refractivity contribution in [2.24, 2.45) is 11.8 Å². The van der Waals surface area contributed by atoms with Crippen molar-refractivity contribution in [3.05, 3.63) is 35.9 Å². The third-order valence-corrected chi connectivity index (χ3v) is 5.35. The molecule has 1 saturated heterocycles. The molecule has 4 heteroatoms. The van der Waals surface area contributed by atoms with Crippen LogP contribution in [-0.4, -0.2) is 35.5 Å². The van der Waals surface area contributed by atoms with Gasteiger partial charge in [0.25, 0.3) is 0 Å². The average Bonchev–Trinajstić information content (AvgIpc) is 3.07. The zero-order valence-corrected chi connectivity index (χ0v) is 13.5. The lowest BCUT2D eigenvalue weighted by atomic mass is 9.77. The zero-order chi connectivity index (χ0) is 16.4. The lowest BCUT2D eigenvalue weighted by Crippen LogP contribution is -2.38. The Morgan fingerprint density at radius 1 is 1.00 bits per heavy atom. The minimum atomic E-state index is -0.382. The molecular weight excluding hydrogens is 290 g/mol. The van der Waals surface area contributed by atoms with Crippen molar-refractivity contribution in [2.45, 2.75) is 38.5 Å². The summed E-state index contributed by atoms with van der Waals surface area (Å²) in [7, 11) is 0. The number of benzene rings is 1. The normalized spacial score (nSPS) is 28.7. The second kappa shape index (κ2) is 6.65. The van der Waals surface area contributed by atoms with Crippen LogP contribution in [0.2, 0.25) is 0 Å². The Morgan fingerprint density at radius 2 is 1.61 bits per heavy atom. The van der Waals surface area contributed by atoms with Gasteiger partial charge in [0.15, 0.2) is 11.6 Å². The first-order valence-corrected chi connectivity index (χ1v) is 8.47. The third kappa shape index (κ3) is 3.21. The van der Waals surface area contributed by atoms with Crippen molar-refractivity contribution >= 4 is 17.5 Å². The summed E-state index contributed by atoms with van der Waals surface area (Å²) < 4.78 is 0. The lowest BCUT2D eigenvalue weighted by molar-refractivity contribution is -0.140. The molecule has 0 bridgehead atoms. The maximum Gasteiger partial charge on any atom is 0.226 e. The van der Waals surface area contributed by atoms with E-state index in [0.29, 0.717) is 0 Å². The molecule has 0 radical (unpaired) electrons. The zero-order valence-electron chi connectivity index (χ0n) is 13.5. The third-order valence-electron chi connectivity index (χ3n) is 5.35. The SMILES string of the molecule is C[C@@H]1C(c2ccccc2)CC(=O)C(=O)C[C@@H]1C(=O)N1CCCC1. The molecular formula is C19H23NO3. The number of rotatable bonds is 2. The van der Waals surface area contributed by atoms with Crippen LogP contribution in [0.1, 0.15) is 44.1 Å². The van der Waals surface area contributed by atoms with Crippen LogP contribution in [0.25, 0.3) is 0 Å². The van der Waals surface area contributed by atoms with E-state index in [0.717, 1.165) is 31.5 Å². The molecule has 1 amide bonds. The minimum Gasteiger partial charge on any atom is -0.342 e. The molecule has 0 N–H and O–H groups in total. The Balaban J connectivity index is 1.90. The van der Waals surface area contributed by atoms with Crippen LogP contribution in [0, 0.1) is 11.8 Å². The molecule has 1 aromatic rings. The van der Waals surface area contributed by atoms with Gasteiger partial charge in [-0.05, 0) is 30.2 Å². The largest absolute Gasteiger partial charge is 0.342 e. The van der Waals surface area contributed by atoms with Crippen LogP contribution in [-0.2, 0) is 14.4 Å². The Bertz CT molecular complexity index is 604. The fourth-order valence-electron chi connectivity index (χ4n) is 3.89. The Hall–Kier alpha value is -1.97. The van der Waals surface area contributed by atoms with Gasteiger partial charge >= 0.3 is 0 Å². The van der Waals surface area contributed by atoms with Gasteiger partial charge in [0.2, 0.25) is 5.91 Å². The van der Waals surface area contributed by atoms with Crippen molar-refractivity contribution in [2.75, 3.05) is 13.1 Å².